The molecule has 0 atom stereocenters. The molecule has 0 aliphatic carbocycles. The van der Waals surface area contributed by atoms with Crippen molar-refractivity contribution < 1.29 is 14.3 Å². The molecule has 0 N–H and O–H groups in total. The summed E-state index contributed by atoms with van der Waals surface area (Å²) in [5.74, 6) is -0.112. The zero-order valence-electron chi connectivity index (χ0n) is 17.6. The van der Waals surface area contributed by atoms with Gasteiger partial charge in [-0.25, -0.2) is 0 Å². The van der Waals surface area contributed by atoms with Crippen LogP contribution < -0.4 is 0 Å². The van der Waals surface area contributed by atoms with Gasteiger partial charge in [-0.3, -0.25) is 19.5 Å². The van der Waals surface area contributed by atoms with Crippen molar-refractivity contribution in [1.82, 2.24) is 14.8 Å². The van der Waals surface area contributed by atoms with Gasteiger partial charge in [-0.2, -0.15) is 0 Å². The Morgan fingerprint density at radius 2 is 1.94 bits per heavy atom. The second-order valence-corrected chi connectivity index (χ2v) is 8.34. The number of methoxy groups -OCH3 is 1. The molecule has 2 aliphatic heterocycles. The zero-order valence-corrected chi connectivity index (χ0v) is 17.6. The fourth-order valence-corrected chi connectivity index (χ4v) is 4.56. The molecule has 5 rings (SSSR count). The number of hydrogen-bond acceptors (Lipinski definition) is 5. The van der Waals surface area contributed by atoms with Crippen molar-refractivity contribution in [1.29, 1.82) is 0 Å². The minimum Gasteiger partial charge on any atom is -0.469 e. The van der Waals surface area contributed by atoms with Crippen LogP contribution in [0.5, 0.6) is 0 Å². The minimum absolute atomic E-state index is 0.0524. The van der Waals surface area contributed by atoms with Crippen LogP contribution >= 0.6 is 0 Å². The number of pyridine rings is 1. The number of para-hydroxylation sites is 1. The molecule has 31 heavy (non-hydrogen) atoms. The van der Waals surface area contributed by atoms with Gasteiger partial charge in [0, 0.05) is 55.8 Å². The highest BCUT2D eigenvalue weighted by Crippen LogP contribution is 2.29. The molecule has 0 unspecified atom stereocenters. The number of benzene rings is 2. The van der Waals surface area contributed by atoms with E-state index in [4.69, 9.17) is 9.72 Å². The van der Waals surface area contributed by atoms with Crippen LogP contribution in [0.1, 0.15) is 27.2 Å². The summed E-state index contributed by atoms with van der Waals surface area (Å²) in [5, 5.41) is 1.13. The Morgan fingerprint density at radius 3 is 2.77 bits per heavy atom. The van der Waals surface area contributed by atoms with Crippen LogP contribution in [-0.2, 0) is 29.0 Å². The van der Waals surface area contributed by atoms with Gasteiger partial charge >= 0.3 is 5.97 Å². The highest BCUT2D eigenvalue weighted by molar-refractivity contribution is 5.99. The third-order valence-corrected chi connectivity index (χ3v) is 6.28. The van der Waals surface area contributed by atoms with E-state index in [-0.39, 0.29) is 17.8 Å². The van der Waals surface area contributed by atoms with E-state index in [1.54, 1.807) is 0 Å². The third-order valence-electron chi connectivity index (χ3n) is 6.28. The molecule has 0 spiro atoms. The van der Waals surface area contributed by atoms with Gasteiger partial charge in [-0.05, 0) is 23.3 Å². The number of carbonyl (C=O) groups is 2. The molecular weight excluding hydrogens is 390 g/mol. The summed E-state index contributed by atoms with van der Waals surface area (Å²) in [6, 6.07) is 18.3. The van der Waals surface area contributed by atoms with Gasteiger partial charge in [-0.15, -0.1) is 0 Å². The first-order valence-corrected chi connectivity index (χ1v) is 10.7. The molecule has 1 fully saturated rings. The van der Waals surface area contributed by atoms with E-state index < -0.39 is 0 Å². The van der Waals surface area contributed by atoms with Crippen LogP contribution in [0.15, 0.2) is 54.6 Å². The quantitative estimate of drug-likeness (QED) is 0.579. The molecule has 1 amide bonds. The number of hydrogen-bond donors (Lipinski definition) is 0. The molecule has 158 valence electrons. The number of carbonyl (C=O) groups excluding carboxylic acids is 2. The van der Waals surface area contributed by atoms with Crippen molar-refractivity contribution in [3.8, 4) is 0 Å². The highest BCUT2D eigenvalue weighted by Gasteiger charge is 2.35. The average Bonchev–Trinajstić information content (AvgIpc) is 3.10. The van der Waals surface area contributed by atoms with Crippen LogP contribution in [0.3, 0.4) is 0 Å². The van der Waals surface area contributed by atoms with Crippen molar-refractivity contribution in [3.05, 3.63) is 77.0 Å². The Bertz CT molecular complexity index is 1150. The number of aromatic nitrogens is 1. The van der Waals surface area contributed by atoms with Gasteiger partial charge in [0.05, 0.1) is 18.5 Å². The van der Waals surface area contributed by atoms with E-state index in [0.29, 0.717) is 32.7 Å². The summed E-state index contributed by atoms with van der Waals surface area (Å²) in [6.07, 6.45) is 0.729. The summed E-state index contributed by atoms with van der Waals surface area (Å²) < 4.78 is 4.81. The maximum atomic E-state index is 13.2. The fourth-order valence-electron chi connectivity index (χ4n) is 4.56. The van der Waals surface area contributed by atoms with E-state index in [2.05, 4.69) is 17.0 Å². The van der Waals surface area contributed by atoms with Gasteiger partial charge in [0.15, 0.2) is 0 Å². The van der Waals surface area contributed by atoms with E-state index in [1.807, 2.05) is 47.4 Å². The van der Waals surface area contributed by atoms with Gasteiger partial charge in [0.1, 0.15) is 0 Å². The normalized spacial score (nSPS) is 16.4. The number of rotatable bonds is 6. The molecule has 0 radical (unpaired) electrons. The van der Waals surface area contributed by atoms with E-state index in [0.717, 1.165) is 39.7 Å². The molecular formula is C25H25N3O3. The molecule has 0 saturated carbocycles. The second-order valence-electron chi connectivity index (χ2n) is 8.34. The fraction of sp³-hybridized carbons (Fsp3) is 0.320. The Hall–Kier alpha value is -3.25. The van der Waals surface area contributed by atoms with Crippen LogP contribution in [-0.4, -0.2) is 53.4 Å². The molecule has 3 heterocycles. The van der Waals surface area contributed by atoms with Gasteiger partial charge in [0.25, 0.3) is 5.91 Å². The largest absolute Gasteiger partial charge is 0.469 e. The number of nitrogens with zero attached hydrogens (tertiary/aromatic N) is 3. The molecule has 3 aromatic rings. The van der Waals surface area contributed by atoms with Crippen LogP contribution in [0.25, 0.3) is 10.9 Å². The summed E-state index contributed by atoms with van der Waals surface area (Å²) >= 11 is 0. The SMILES string of the molecule is COC(=O)C1CN(Cc2cccc3c2C(=O)N(CCc2ccc4ccccc4n2)C3)C1. The first-order valence-electron chi connectivity index (χ1n) is 10.7. The monoisotopic (exact) mass is 415 g/mol. The predicted octanol–water partition coefficient (Wildman–Crippen LogP) is 3.04. The number of likely N-dealkylation sites (tertiary alicyclic amines) is 1. The van der Waals surface area contributed by atoms with Crippen molar-refractivity contribution in [2.24, 2.45) is 5.92 Å². The summed E-state index contributed by atoms with van der Waals surface area (Å²) in [7, 11) is 1.43. The summed E-state index contributed by atoms with van der Waals surface area (Å²) in [5.41, 5.74) is 4.93. The molecule has 6 heteroatoms. The molecule has 6 nitrogen and oxygen atoms in total. The molecule has 2 aromatic carbocycles. The van der Waals surface area contributed by atoms with Crippen molar-refractivity contribution in [2.45, 2.75) is 19.5 Å². The predicted molar refractivity (Wildman–Crippen MR) is 117 cm³/mol. The highest BCUT2D eigenvalue weighted by atomic mass is 16.5. The number of esters is 1. The zero-order chi connectivity index (χ0) is 21.4. The van der Waals surface area contributed by atoms with Crippen LogP contribution in [0.2, 0.25) is 0 Å². The van der Waals surface area contributed by atoms with E-state index in [9.17, 15) is 9.59 Å². The molecule has 0 bridgehead atoms. The maximum absolute atomic E-state index is 13.2. The lowest BCUT2D eigenvalue weighted by molar-refractivity contribution is -0.151. The lowest BCUT2D eigenvalue weighted by Gasteiger charge is -2.37. The number of fused-ring (bicyclic) bond motifs is 2. The molecule has 1 aromatic heterocycles. The summed E-state index contributed by atoms with van der Waals surface area (Å²) in [6.45, 7) is 3.33. The smallest absolute Gasteiger partial charge is 0.311 e. The van der Waals surface area contributed by atoms with Gasteiger partial charge < -0.3 is 9.64 Å². The van der Waals surface area contributed by atoms with Gasteiger partial charge in [0.2, 0.25) is 0 Å². The topological polar surface area (TPSA) is 62.7 Å². The standard InChI is InChI=1S/C25H25N3O3/c1-31-25(30)20-14-27(15-20)13-18-6-4-7-19-16-28(24(29)23(18)19)12-11-21-10-9-17-5-2-3-8-22(17)26-21/h2-10,20H,11-16H2,1H3. The Balaban J connectivity index is 1.24. The lowest BCUT2D eigenvalue weighted by Crippen LogP contribution is -2.50. The lowest BCUT2D eigenvalue weighted by atomic mass is 9.97. The number of ether oxygens (including phenoxy) is 1. The van der Waals surface area contributed by atoms with Crippen molar-refractivity contribution in [3.63, 3.8) is 0 Å². The van der Waals surface area contributed by atoms with Crippen molar-refractivity contribution >= 4 is 22.8 Å². The maximum Gasteiger partial charge on any atom is 0.311 e. The second kappa shape index (κ2) is 8.12. The minimum atomic E-state index is -0.154. The van der Waals surface area contributed by atoms with Crippen LogP contribution in [0.4, 0.5) is 0 Å². The van der Waals surface area contributed by atoms with Crippen LogP contribution in [0, 0.1) is 5.92 Å². The Labute approximate surface area is 181 Å². The Morgan fingerprint density at radius 1 is 1.10 bits per heavy atom. The third kappa shape index (κ3) is 3.79. The van der Waals surface area contributed by atoms with E-state index >= 15 is 0 Å². The Kier molecular flexibility index (Phi) is 5.16. The van der Waals surface area contributed by atoms with E-state index in [1.165, 1.54) is 7.11 Å². The average molecular weight is 415 g/mol. The summed E-state index contributed by atoms with van der Waals surface area (Å²) in [4.78, 5) is 33.6. The number of amides is 1. The van der Waals surface area contributed by atoms with Crippen molar-refractivity contribution in [2.75, 3.05) is 26.7 Å². The first kappa shape index (κ1) is 19.7. The molecule has 1 saturated heterocycles. The first-order chi connectivity index (χ1) is 15.1. The molecule has 2 aliphatic rings. The van der Waals surface area contributed by atoms with Gasteiger partial charge in [-0.1, -0.05) is 42.5 Å².